The van der Waals surface area contributed by atoms with Gasteiger partial charge in [-0.15, -0.1) is 0 Å². The fourth-order valence-corrected chi connectivity index (χ4v) is 2.32. The van der Waals surface area contributed by atoms with E-state index in [9.17, 15) is 8.42 Å². The predicted molar refractivity (Wildman–Crippen MR) is 73.7 cm³/mol. The molecule has 6 nitrogen and oxygen atoms in total. The summed E-state index contributed by atoms with van der Waals surface area (Å²) in [7, 11) is -3.60. The molecule has 102 valence electrons. The Bertz CT molecular complexity index is 534. The van der Waals surface area contributed by atoms with E-state index < -0.39 is 15.4 Å². The monoisotopic (exact) mass is 290 g/mol. The molecular formula is C10H18N4O2S2. The summed E-state index contributed by atoms with van der Waals surface area (Å²) in [5.74, 6) is 0.629. The van der Waals surface area contributed by atoms with Gasteiger partial charge >= 0.3 is 0 Å². The molecule has 1 aromatic heterocycles. The van der Waals surface area contributed by atoms with Crippen LogP contribution >= 0.6 is 12.2 Å². The molecule has 0 saturated carbocycles. The van der Waals surface area contributed by atoms with Crippen molar-refractivity contribution in [3.05, 3.63) is 12.0 Å². The first-order valence-electron chi connectivity index (χ1n) is 5.52. The van der Waals surface area contributed by atoms with Gasteiger partial charge in [-0.2, -0.15) is 0 Å². The van der Waals surface area contributed by atoms with Gasteiger partial charge in [-0.3, -0.25) is 0 Å². The van der Waals surface area contributed by atoms with Crippen LogP contribution in [0.5, 0.6) is 0 Å². The standard InChI is InChI=1S/C10H18N4O2S2/c1-4-7-12-5-8(14-7)18(15,16)13-6-10(2,3)9(11)17/h5,13H,4,6H2,1-3H3,(H2,11,17)(H,12,14). The molecule has 18 heavy (non-hydrogen) atoms. The van der Waals surface area contributed by atoms with Crippen LogP contribution in [0.1, 0.15) is 26.6 Å². The molecule has 0 aromatic carbocycles. The van der Waals surface area contributed by atoms with Gasteiger partial charge in [0.1, 0.15) is 5.82 Å². The Morgan fingerprint density at radius 1 is 1.61 bits per heavy atom. The number of aromatic amines is 1. The highest BCUT2D eigenvalue weighted by atomic mass is 32.2. The van der Waals surface area contributed by atoms with E-state index in [0.29, 0.717) is 12.2 Å². The molecule has 4 N–H and O–H groups in total. The maximum atomic E-state index is 12.0. The van der Waals surface area contributed by atoms with Crippen molar-refractivity contribution in [1.82, 2.24) is 14.7 Å². The number of aryl methyl sites for hydroxylation is 1. The Kier molecular flexibility index (Phi) is 4.46. The van der Waals surface area contributed by atoms with Gasteiger partial charge in [-0.05, 0) is 0 Å². The molecule has 0 atom stereocenters. The van der Waals surface area contributed by atoms with E-state index in [-0.39, 0.29) is 16.6 Å². The van der Waals surface area contributed by atoms with Crippen molar-refractivity contribution in [3.8, 4) is 0 Å². The molecule has 0 saturated heterocycles. The lowest BCUT2D eigenvalue weighted by Crippen LogP contribution is -2.41. The van der Waals surface area contributed by atoms with Crippen LogP contribution in [0.2, 0.25) is 0 Å². The number of rotatable bonds is 6. The lowest BCUT2D eigenvalue weighted by molar-refractivity contribution is 0.500. The van der Waals surface area contributed by atoms with Gasteiger partial charge in [0.15, 0.2) is 5.03 Å². The highest BCUT2D eigenvalue weighted by Crippen LogP contribution is 2.15. The number of nitrogens with one attached hydrogen (secondary N) is 2. The number of nitrogens with zero attached hydrogens (tertiary/aromatic N) is 1. The SMILES string of the molecule is CCc1ncc(S(=O)(=O)NCC(C)(C)C(N)=S)[nH]1. The molecule has 0 unspecified atom stereocenters. The van der Waals surface area contributed by atoms with Crippen LogP contribution in [0.15, 0.2) is 11.2 Å². The van der Waals surface area contributed by atoms with E-state index in [0.717, 1.165) is 0 Å². The highest BCUT2D eigenvalue weighted by molar-refractivity contribution is 7.89. The Morgan fingerprint density at radius 2 is 2.22 bits per heavy atom. The Balaban J connectivity index is 2.80. The van der Waals surface area contributed by atoms with E-state index in [1.165, 1.54) is 6.20 Å². The first kappa shape index (κ1) is 15.1. The van der Waals surface area contributed by atoms with E-state index in [1.54, 1.807) is 13.8 Å². The van der Waals surface area contributed by atoms with Crippen molar-refractivity contribution in [2.75, 3.05) is 6.54 Å². The first-order valence-corrected chi connectivity index (χ1v) is 7.41. The van der Waals surface area contributed by atoms with E-state index in [4.69, 9.17) is 18.0 Å². The van der Waals surface area contributed by atoms with E-state index in [2.05, 4.69) is 14.7 Å². The lowest BCUT2D eigenvalue weighted by Gasteiger charge is -2.22. The van der Waals surface area contributed by atoms with Crippen LogP contribution in [0.3, 0.4) is 0 Å². The Labute approximate surface area is 112 Å². The molecule has 8 heteroatoms. The Hall–Kier alpha value is -0.990. The van der Waals surface area contributed by atoms with Crippen LogP contribution in [-0.4, -0.2) is 29.9 Å². The third kappa shape index (κ3) is 3.50. The van der Waals surface area contributed by atoms with Crippen molar-refractivity contribution >= 4 is 27.2 Å². The molecule has 0 fully saturated rings. The zero-order chi connectivity index (χ0) is 14.0. The summed E-state index contributed by atoms with van der Waals surface area (Å²) in [6.45, 7) is 5.59. The number of sulfonamides is 1. The van der Waals surface area contributed by atoms with Crippen LogP contribution in [0, 0.1) is 5.41 Å². The second-order valence-corrected chi connectivity index (χ2v) is 6.80. The minimum atomic E-state index is -3.60. The van der Waals surface area contributed by atoms with Gasteiger partial charge in [0, 0.05) is 18.4 Å². The third-order valence-electron chi connectivity index (χ3n) is 2.60. The summed E-state index contributed by atoms with van der Waals surface area (Å²) in [4.78, 5) is 6.97. The van der Waals surface area contributed by atoms with E-state index in [1.807, 2.05) is 6.92 Å². The number of hydrogen-bond donors (Lipinski definition) is 3. The highest BCUT2D eigenvalue weighted by Gasteiger charge is 2.25. The zero-order valence-corrected chi connectivity index (χ0v) is 12.3. The molecule has 0 amide bonds. The average Bonchev–Trinajstić information content (AvgIpc) is 2.75. The molecule has 0 bridgehead atoms. The second kappa shape index (κ2) is 5.33. The van der Waals surface area contributed by atoms with Crippen LogP contribution in [-0.2, 0) is 16.4 Å². The second-order valence-electron chi connectivity index (χ2n) is 4.62. The number of hydrogen-bond acceptors (Lipinski definition) is 4. The number of thiocarbonyl (C=S) groups is 1. The molecule has 0 radical (unpaired) electrons. The summed E-state index contributed by atoms with van der Waals surface area (Å²) in [5.41, 5.74) is 4.97. The first-order chi connectivity index (χ1) is 8.19. The maximum Gasteiger partial charge on any atom is 0.257 e. The Morgan fingerprint density at radius 3 is 2.67 bits per heavy atom. The third-order valence-corrected chi connectivity index (χ3v) is 4.46. The number of H-pyrrole nitrogens is 1. The number of aromatic nitrogens is 2. The number of imidazole rings is 1. The van der Waals surface area contributed by atoms with Crippen molar-refractivity contribution in [2.24, 2.45) is 11.1 Å². The van der Waals surface area contributed by atoms with Gasteiger partial charge in [0.2, 0.25) is 0 Å². The van der Waals surface area contributed by atoms with Crippen LogP contribution < -0.4 is 10.5 Å². The molecule has 0 spiro atoms. The fourth-order valence-electron chi connectivity index (χ4n) is 1.10. The molecule has 0 aliphatic rings. The quantitative estimate of drug-likeness (QED) is 0.665. The largest absolute Gasteiger partial charge is 0.393 e. The number of nitrogens with two attached hydrogens (primary N) is 1. The van der Waals surface area contributed by atoms with E-state index >= 15 is 0 Å². The molecule has 0 aliphatic heterocycles. The topological polar surface area (TPSA) is 101 Å². The molecule has 0 aliphatic carbocycles. The fraction of sp³-hybridized carbons (Fsp3) is 0.600. The van der Waals surface area contributed by atoms with Gasteiger partial charge in [0.25, 0.3) is 10.0 Å². The summed E-state index contributed by atoms with van der Waals surface area (Å²) >= 11 is 4.88. The van der Waals surface area contributed by atoms with Gasteiger partial charge in [0.05, 0.1) is 11.2 Å². The molecular weight excluding hydrogens is 272 g/mol. The summed E-state index contributed by atoms with van der Waals surface area (Å²) in [6, 6.07) is 0. The summed E-state index contributed by atoms with van der Waals surface area (Å²) < 4.78 is 26.4. The summed E-state index contributed by atoms with van der Waals surface area (Å²) in [5, 5.41) is 0.0538. The van der Waals surface area contributed by atoms with Gasteiger partial charge < -0.3 is 10.7 Å². The van der Waals surface area contributed by atoms with Gasteiger partial charge in [-0.1, -0.05) is 33.0 Å². The lowest BCUT2D eigenvalue weighted by atomic mass is 9.94. The van der Waals surface area contributed by atoms with Crippen molar-refractivity contribution in [3.63, 3.8) is 0 Å². The maximum absolute atomic E-state index is 12.0. The minimum Gasteiger partial charge on any atom is -0.393 e. The summed E-state index contributed by atoms with van der Waals surface area (Å²) in [6.07, 6.45) is 1.95. The van der Waals surface area contributed by atoms with Gasteiger partial charge in [-0.25, -0.2) is 18.1 Å². The predicted octanol–water partition coefficient (Wildman–Crippen LogP) is 0.563. The molecule has 1 rings (SSSR count). The van der Waals surface area contributed by atoms with Crippen molar-refractivity contribution < 1.29 is 8.42 Å². The average molecular weight is 290 g/mol. The van der Waals surface area contributed by atoms with Crippen molar-refractivity contribution in [2.45, 2.75) is 32.2 Å². The molecule has 1 heterocycles. The minimum absolute atomic E-state index is 0.0538. The smallest absolute Gasteiger partial charge is 0.257 e. The molecule has 1 aromatic rings. The normalized spacial score (nSPS) is 12.6. The van der Waals surface area contributed by atoms with Crippen LogP contribution in [0.25, 0.3) is 0 Å². The van der Waals surface area contributed by atoms with Crippen LogP contribution in [0.4, 0.5) is 0 Å². The zero-order valence-electron chi connectivity index (χ0n) is 10.6. The van der Waals surface area contributed by atoms with Crippen molar-refractivity contribution in [1.29, 1.82) is 0 Å².